The number of rotatable bonds is 6. The Labute approximate surface area is 218 Å². The van der Waals surface area contributed by atoms with Crippen LogP contribution in [-0.4, -0.2) is 35.5 Å². The molecule has 2 rings (SSSR count). The van der Waals surface area contributed by atoms with Crippen molar-refractivity contribution in [3.63, 3.8) is 0 Å². The van der Waals surface area contributed by atoms with Crippen molar-refractivity contribution in [2.45, 2.75) is 31.7 Å². The zero-order valence-corrected chi connectivity index (χ0v) is 21.7. The van der Waals surface area contributed by atoms with Crippen molar-refractivity contribution in [1.29, 1.82) is 0 Å². The van der Waals surface area contributed by atoms with Crippen LogP contribution in [0.15, 0.2) is 25.9 Å². The van der Waals surface area contributed by atoms with E-state index < -0.39 is 80.3 Å². The lowest BCUT2D eigenvalue weighted by Gasteiger charge is -2.33. The summed E-state index contributed by atoms with van der Waals surface area (Å²) in [5, 5.41) is 0. The number of methoxy groups -OCH3 is 1. The average Bonchev–Trinajstić information content (AvgIpc) is 2.76. The molecule has 0 aliphatic rings. The van der Waals surface area contributed by atoms with Gasteiger partial charge in [-0.1, -0.05) is 0 Å². The molecule has 0 saturated carbocycles. The summed E-state index contributed by atoms with van der Waals surface area (Å²) < 4.78 is 130. The summed E-state index contributed by atoms with van der Waals surface area (Å²) in [4.78, 5) is 28.5. The standard InChI is InChI=1S/C19H14Br2F9N3O4/c1-4-37-14(15(35)36-3)33(16-31-12(19(28,29)30)11(21)13(34)32(16)2)9-6-7(17(22,23)24)5-8(10(9)20)18(25,26)27/h5-6,14H,4H2,1-3H3. The average molecular weight is 679 g/mol. The molecule has 0 aliphatic heterocycles. The first-order chi connectivity index (χ1) is 16.8. The predicted octanol–water partition coefficient (Wildman–Crippen LogP) is 6.04. The van der Waals surface area contributed by atoms with E-state index in [1.54, 1.807) is 0 Å². The molecule has 206 valence electrons. The molecular formula is C19H14Br2F9N3O4. The molecule has 0 fully saturated rings. The highest BCUT2D eigenvalue weighted by molar-refractivity contribution is 9.11. The number of ether oxygens (including phenoxy) is 2. The molecule has 1 unspecified atom stereocenters. The third-order valence-corrected chi connectivity index (χ3v) is 6.15. The molecule has 7 nitrogen and oxygen atoms in total. The van der Waals surface area contributed by atoms with Gasteiger partial charge in [0.2, 0.25) is 12.2 Å². The maximum atomic E-state index is 13.7. The van der Waals surface area contributed by atoms with Gasteiger partial charge in [0.1, 0.15) is 4.47 Å². The van der Waals surface area contributed by atoms with Crippen LogP contribution in [0.5, 0.6) is 0 Å². The summed E-state index contributed by atoms with van der Waals surface area (Å²) in [6.07, 6.45) is -18.4. The predicted molar refractivity (Wildman–Crippen MR) is 116 cm³/mol. The maximum Gasteiger partial charge on any atom is 0.434 e. The van der Waals surface area contributed by atoms with Crippen LogP contribution in [0.25, 0.3) is 0 Å². The molecule has 1 aromatic heterocycles. The Morgan fingerprint density at radius 2 is 1.59 bits per heavy atom. The van der Waals surface area contributed by atoms with E-state index in [4.69, 9.17) is 4.74 Å². The molecule has 1 atom stereocenters. The highest BCUT2D eigenvalue weighted by Crippen LogP contribution is 2.46. The van der Waals surface area contributed by atoms with Gasteiger partial charge in [-0.3, -0.25) is 14.3 Å². The van der Waals surface area contributed by atoms with E-state index in [0.717, 1.165) is 14.2 Å². The van der Waals surface area contributed by atoms with Crippen LogP contribution < -0.4 is 10.5 Å². The number of carbonyl (C=O) groups is 1. The van der Waals surface area contributed by atoms with E-state index in [1.807, 2.05) is 0 Å². The Balaban J connectivity index is 3.17. The summed E-state index contributed by atoms with van der Waals surface area (Å²) >= 11 is 4.98. The smallest absolute Gasteiger partial charge is 0.434 e. The molecule has 1 aromatic carbocycles. The molecule has 2 aromatic rings. The quantitative estimate of drug-likeness (QED) is 0.211. The minimum Gasteiger partial charge on any atom is -0.466 e. The van der Waals surface area contributed by atoms with Crippen molar-refractivity contribution < 1.29 is 53.8 Å². The number of hydrogen-bond donors (Lipinski definition) is 0. The second kappa shape index (κ2) is 10.8. The summed E-state index contributed by atoms with van der Waals surface area (Å²) in [6, 6.07) is -0.121. The maximum absolute atomic E-state index is 13.7. The lowest BCUT2D eigenvalue weighted by molar-refractivity contribution is -0.153. The van der Waals surface area contributed by atoms with Crippen LogP contribution in [-0.2, 0) is 39.8 Å². The largest absolute Gasteiger partial charge is 0.466 e. The first-order valence-electron chi connectivity index (χ1n) is 9.57. The Kier molecular flexibility index (Phi) is 9.01. The first kappa shape index (κ1) is 30.9. The normalized spacial score (nSPS) is 13.5. The molecule has 0 spiro atoms. The van der Waals surface area contributed by atoms with Crippen molar-refractivity contribution in [2.75, 3.05) is 18.6 Å². The van der Waals surface area contributed by atoms with Gasteiger partial charge >= 0.3 is 24.5 Å². The molecular weight excluding hydrogens is 665 g/mol. The monoisotopic (exact) mass is 677 g/mol. The third kappa shape index (κ3) is 6.39. The van der Waals surface area contributed by atoms with Crippen molar-refractivity contribution >= 4 is 49.5 Å². The summed E-state index contributed by atoms with van der Waals surface area (Å²) in [5.74, 6) is -2.62. The number of benzene rings is 1. The minimum atomic E-state index is -5.40. The van der Waals surface area contributed by atoms with Gasteiger partial charge in [-0.15, -0.1) is 0 Å². The van der Waals surface area contributed by atoms with Crippen LogP contribution >= 0.6 is 31.9 Å². The van der Waals surface area contributed by atoms with Crippen LogP contribution in [0.2, 0.25) is 0 Å². The van der Waals surface area contributed by atoms with Crippen molar-refractivity contribution in [1.82, 2.24) is 9.55 Å². The Morgan fingerprint density at radius 3 is 2.03 bits per heavy atom. The minimum absolute atomic E-state index is 0.121. The number of anilines is 2. The number of esters is 1. The van der Waals surface area contributed by atoms with Crippen LogP contribution in [0.1, 0.15) is 23.7 Å². The van der Waals surface area contributed by atoms with E-state index in [-0.39, 0.29) is 17.0 Å². The molecule has 0 saturated heterocycles. The number of hydrogen-bond acceptors (Lipinski definition) is 6. The van der Waals surface area contributed by atoms with E-state index in [2.05, 4.69) is 41.6 Å². The molecule has 0 bridgehead atoms. The third-order valence-electron chi connectivity index (χ3n) is 4.60. The molecule has 0 N–H and O–H groups in total. The number of alkyl halides is 9. The van der Waals surface area contributed by atoms with Gasteiger partial charge in [0.25, 0.3) is 5.56 Å². The lowest BCUT2D eigenvalue weighted by Crippen LogP contribution is -2.45. The van der Waals surface area contributed by atoms with E-state index in [0.29, 0.717) is 4.57 Å². The number of carbonyl (C=O) groups excluding carboxylic acids is 1. The first-order valence-corrected chi connectivity index (χ1v) is 11.2. The van der Waals surface area contributed by atoms with Crippen LogP contribution in [0, 0.1) is 0 Å². The van der Waals surface area contributed by atoms with E-state index in [1.165, 1.54) is 6.92 Å². The van der Waals surface area contributed by atoms with E-state index in [9.17, 15) is 49.1 Å². The van der Waals surface area contributed by atoms with Gasteiger partial charge in [-0.25, -0.2) is 9.78 Å². The molecule has 0 radical (unpaired) electrons. The number of aromatic nitrogens is 2. The molecule has 37 heavy (non-hydrogen) atoms. The Bertz CT molecular complexity index is 1240. The molecule has 1 heterocycles. The topological polar surface area (TPSA) is 73.7 Å². The van der Waals surface area contributed by atoms with E-state index >= 15 is 0 Å². The van der Waals surface area contributed by atoms with Gasteiger partial charge in [-0.05, 0) is 50.9 Å². The van der Waals surface area contributed by atoms with Gasteiger partial charge in [0.15, 0.2) is 5.69 Å². The fraction of sp³-hybridized carbons (Fsp3) is 0.421. The van der Waals surface area contributed by atoms with Gasteiger partial charge in [0, 0.05) is 13.7 Å². The Hall–Kier alpha value is -2.34. The summed E-state index contributed by atoms with van der Waals surface area (Å²) in [5.41, 5.74) is -8.21. The lowest BCUT2D eigenvalue weighted by atomic mass is 10.1. The fourth-order valence-corrected chi connectivity index (χ4v) is 4.19. The van der Waals surface area contributed by atoms with Gasteiger partial charge in [-0.2, -0.15) is 39.5 Å². The molecule has 0 aliphatic carbocycles. The molecule has 0 amide bonds. The van der Waals surface area contributed by atoms with Crippen molar-refractivity contribution in [3.8, 4) is 0 Å². The van der Waals surface area contributed by atoms with Crippen molar-refractivity contribution in [3.05, 3.63) is 48.3 Å². The zero-order chi connectivity index (χ0) is 28.7. The highest BCUT2D eigenvalue weighted by Gasteiger charge is 2.44. The van der Waals surface area contributed by atoms with Crippen LogP contribution in [0.4, 0.5) is 51.1 Å². The number of halogens is 11. The van der Waals surface area contributed by atoms with Gasteiger partial charge < -0.3 is 9.47 Å². The summed E-state index contributed by atoms with van der Waals surface area (Å²) in [7, 11) is 1.61. The summed E-state index contributed by atoms with van der Waals surface area (Å²) in [6.45, 7) is 0.848. The van der Waals surface area contributed by atoms with Gasteiger partial charge in [0.05, 0.1) is 28.4 Å². The SMILES string of the molecule is CCOC(C(=O)OC)N(c1cc(C(F)(F)F)cc(C(F)(F)F)c1Br)c1nc(C(F)(F)F)c(Br)c(=O)n1C. The Morgan fingerprint density at radius 1 is 1.03 bits per heavy atom. The van der Waals surface area contributed by atoms with Crippen LogP contribution in [0.3, 0.4) is 0 Å². The molecule has 18 heteroatoms. The fourth-order valence-electron chi connectivity index (χ4n) is 2.97. The number of nitrogens with zero attached hydrogens (tertiary/aromatic N) is 3. The zero-order valence-electron chi connectivity index (χ0n) is 18.6. The second-order valence-electron chi connectivity index (χ2n) is 6.99. The van der Waals surface area contributed by atoms with Crippen molar-refractivity contribution in [2.24, 2.45) is 7.05 Å². The highest BCUT2D eigenvalue weighted by atomic mass is 79.9. The second-order valence-corrected chi connectivity index (χ2v) is 8.58.